The van der Waals surface area contributed by atoms with Crippen LogP contribution in [-0.4, -0.2) is 20.5 Å². The number of para-hydroxylation sites is 3. The fourth-order valence-corrected chi connectivity index (χ4v) is 2.89. The summed E-state index contributed by atoms with van der Waals surface area (Å²) >= 11 is 0. The Morgan fingerprint density at radius 2 is 1.62 bits per heavy atom. The van der Waals surface area contributed by atoms with E-state index in [4.69, 9.17) is 4.74 Å². The molecular weight excluding hydrogens is 343 g/mol. The minimum atomic E-state index is -5.59. The average Bonchev–Trinajstić information content (AvgIpc) is 2.53. The van der Waals surface area contributed by atoms with Crippen molar-refractivity contribution in [1.82, 2.24) is 0 Å². The van der Waals surface area contributed by atoms with Crippen LogP contribution in [0.25, 0.3) is 0 Å². The number of benzene rings is 2. The first kappa shape index (κ1) is 17.9. The standard InChI is InChI=1S/C16H14F3NO3S/c1-2-12-20(24(21,22)16(17,18)19)14-10-6-7-11-15(14)23-13-8-4-3-5-9-13/h2-11H,1,12H2. The molecule has 0 saturated heterocycles. The molecule has 0 aliphatic carbocycles. The first-order valence-electron chi connectivity index (χ1n) is 6.79. The van der Waals surface area contributed by atoms with Crippen LogP contribution in [0.2, 0.25) is 0 Å². The van der Waals surface area contributed by atoms with Gasteiger partial charge in [-0.15, -0.1) is 6.58 Å². The van der Waals surface area contributed by atoms with Crippen LogP contribution in [0.4, 0.5) is 18.9 Å². The molecule has 0 fully saturated rings. The van der Waals surface area contributed by atoms with Gasteiger partial charge in [0.2, 0.25) is 0 Å². The van der Waals surface area contributed by atoms with E-state index in [2.05, 4.69) is 6.58 Å². The molecule has 0 aliphatic heterocycles. The van der Waals surface area contributed by atoms with E-state index >= 15 is 0 Å². The van der Waals surface area contributed by atoms with Gasteiger partial charge in [-0.2, -0.15) is 21.6 Å². The maximum absolute atomic E-state index is 12.9. The highest BCUT2D eigenvalue weighted by molar-refractivity contribution is 7.93. The smallest absolute Gasteiger partial charge is 0.455 e. The van der Waals surface area contributed by atoms with E-state index in [0.717, 1.165) is 6.08 Å². The Morgan fingerprint density at radius 3 is 2.21 bits per heavy atom. The zero-order chi connectivity index (χ0) is 17.8. The van der Waals surface area contributed by atoms with Crippen molar-refractivity contribution in [3.05, 3.63) is 67.3 Å². The fraction of sp³-hybridized carbons (Fsp3) is 0.125. The quantitative estimate of drug-likeness (QED) is 0.724. The number of ether oxygens (including phenoxy) is 1. The third-order valence-electron chi connectivity index (χ3n) is 2.98. The summed E-state index contributed by atoms with van der Waals surface area (Å²) in [6.45, 7) is 2.78. The van der Waals surface area contributed by atoms with Crippen LogP contribution in [0, 0.1) is 0 Å². The fourth-order valence-electron chi connectivity index (χ4n) is 1.93. The van der Waals surface area contributed by atoms with Crippen LogP contribution >= 0.6 is 0 Å². The summed E-state index contributed by atoms with van der Waals surface area (Å²) in [6.07, 6.45) is 1.07. The lowest BCUT2D eigenvalue weighted by Crippen LogP contribution is -2.41. The molecular formula is C16H14F3NO3S. The highest BCUT2D eigenvalue weighted by Gasteiger charge is 2.50. The lowest BCUT2D eigenvalue weighted by atomic mass is 10.3. The molecule has 8 heteroatoms. The summed E-state index contributed by atoms with van der Waals surface area (Å²) in [6, 6.07) is 13.9. The molecule has 0 atom stereocenters. The SMILES string of the molecule is C=CCN(c1ccccc1Oc1ccccc1)S(=O)(=O)C(F)(F)F. The van der Waals surface area contributed by atoms with Crippen molar-refractivity contribution in [2.75, 3.05) is 10.8 Å². The van der Waals surface area contributed by atoms with Gasteiger partial charge in [-0.1, -0.05) is 36.4 Å². The second kappa shape index (κ2) is 6.96. The third-order valence-corrected chi connectivity index (χ3v) is 4.49. The Kier molecular flexibility index (Phi) is 5.18. The van der Waals surface area contributed by atoms with E-state index in [9.17, 15) is 21.6 Å². The van der Waals surface area contributed by atoms with Gasteiger partial charge in [0.15, 0.2) is 5.75 Å². The van der Waals surface area contributed by atoms with Crippen molar-refractivity contribution in [2.45, 2.75) is 5.51 Å². The van der Waals surface area contributed by atoms with Gasteiger partial charge in [-0.25, -0.2) is 0 Å². The zero-order valence-corrected chi connectivity index (χ0v) is 13.2. The number of nitrogens with zero attached hydrogens (tertiary/aromatic N) is 1. The molecule has 0 radical (unpaired) electrons. The van der Waals surface area contributed by atoms with E-state index in [1.165, 1.54) is 24.3 Å². The minimum Gasteiger partial charge on any atom is -0.455 e. The molecule has 0 aromatic heterocycles. The predicted molar refractivity (Wildman–Crippen MR) is 85.5 cm³/mol. The molecule has 0 heterocycles. The Morgan fingerprint density at radius 1 is 1.04 bits per heavy atom. The van der Waals surface area contributed by atoms with E-state index in [1.807, 2.05) is 0 Å². The van der Waals surface area contributed by atoms with E-state index in [0.29, 0.717) is 5.75 Å². The van der Waals surface area contributed by atoms with Crippen LogP contribution in [0.5, 0.6) is 11.5 Å². The molecule has 0 saturated carbocycles. The number of halogens is 3. The molecule has 4 nitrogen and oxygen atoms in total. The van der Waals surface area contributed by atoms with E-state index in [1.54, 1.807) is 30.3 Å². The van der Waals surface area contributed by atoms with E-state index < -0.39 is 22.1 Å². The van der Waals surface area contributed by atoms with Gasteiger partial charge in [-0.05, 0) is 24.3 Å². The van der Waals surface area contributed by atoms with Crippen molar-refractivity contribution in [3.63, 3.8) is 0 Å². The van der Waals surface area contributed by atoms with Crippen LogP contribution < -0.4 is 9.04 Å². The third kappa shape index (κ3) is 3.70. The summed E-state index contributed by atoms with van der Waals surface area (Å²) in [5.41, 5.74) is -5.66. The molecule has 0 unspecified atom stereocenters. The molecule has 2 aromatic carbocycles. The number of anilines is 1. The highest BCUT2D eigenvalue weighted by atomic mass is 32.2. The average molecular weight is 357 g/mol. The minimum absolute atomic E-state index is 0.0154. The van der Waals surface area contributed by atoms with Crippen molar-refractivity contribution in [1.29, 1.82) is 0 Å². The second-order valence-corrected chi connectivity index (χ2v) is 6.51. The largest absolute Gasteiger partial charge is 0.516 e. The predicted octanol–water partition coefficient (Wildman–Crippen LogP) is 4.32. The number of rotatable bonds is 6. The van der Waals surface area contributed by atoms with Crippen LogP contribution in [-0.2, 0) is 10.0 Å². The molecule has 24 heavy (non-hydrogen) atoms. The van der Waals surface area contributed by atoms with Crippen molar-refractivity contribution < 1.29 is 26.3 Å². The molecule has 128 valence electrons. The summed E-state index contributed by atoms with van der Waals surface area (Å²) in [7, 11) is -5.59. The number of sulfonamides is 1. The van der Waals surface area contributed by atoms with Crippen LogP contribution in [0.3, 0.4) is 0 Å². The summed E-state index contributed by atoms with van der Waals surface area (Å²) in [4.78, 5) is 0. The molecule has 0 spiro atoms. The van der Waals surface area contributed by atoms with Crippen LogP contribution in [0.1, 0.15) is 0 Å². The van der Waals surface area contributed by atoms with Crippen LogP contribution in [0.15, 0.2) is 67.3 Å². The van der Waals surface area contributed by atoms with Gasteiger partial charge in [0, 0.05) is 0 Å². The van der Waals surface area contributed by atoms with Crippen molar-refractivity contribution in [2.24, 2.45) is 0 Å². The summed E-state index contributed by atoms with van der Waals surface area (Å²) in [5.74, 6) is 0.353. The van der Waals surface area contributed by atoms with Gasteiger partial charge in [0.1, 0.15) is 5.75 Å². The summed E-state index contributed by atoms with van der Waals surface area (Å²) < 4.78 is 68.3. The maximum Gasteiger partial charge on any atom is 0.516 e. The van der Waals surface area contributed by atoms with Gasteiger partial charge in [-0.3, -0.25) is 4.31 Å². The molecule has 0 N–H and O–H groups in total. The van der Waals surface area contributed by atoms with Gasteiger partial charge >= 0.3 is 15.5 Å². The molecule has 2 rings (SSSR count). The number of hydrogen-bond acceptors (Lipinski definition) is 3. The highest BCUT2D eigenvalue weighted by Crippen LogP contribution is 2.37. The lowest BCUT2D eigenvalue weighted by molar-refractivity contribution is -0.0437. The van der Waals surface area contributed by atoms with Gasteiger partial charge < -0.3 is 4.74 Å². The van der Waals surface area contributed by atoms with E-state index in [-0.39, 0.29) is 15.7 Å². The molecule has 0 bridgehead atoms. The van der Waals surface area contributed by atoms with Crippen molar-refractivity contribution >= 4 is 15.7 Å². The first-order valence-corrected chi connectivity index (χ1v) is 8.23. The second-order valence-electron chi connectivity index (χ2n) is 4.65. The molecule has 0 amide bonds. The first-order chi connectivity index (χ1) is 11.3. The maximum atomic E-state index is 12.9. The van der Waals surface area contributed by atoms with Crippen molar-refractivity contribution in [3.8, 4) is 11.5 Å². The number of alkyl halides is 3. The zero-order valence-electron chi connectivity index (χ0n) is 12.4. The monoisotopic (exact) mass is 357 g/mol. The number of hydrogen-bond donors (Lipinski definition) is 0. The topological polar surface area (TPSA) is 46.6 Å². The Labute approximate surface area is 137 Å². The Hall–Kier alpha value is -2.48. The molecule has 0 aliphatic rings. The van der Waals surface area contributed by atoms with Gasteiger partial charge in [0.05, 0.1) is 12.2 Å². The summed E-state index contributed by atoms with van der Waals surface area (Å²) in [5, 5.41) is 0. The normalized spacial score (nSPS) is 11.8. The Bertz CT molecular complexity index is 805. The Balaban J connectivity index is 2.50. The molecule has 2 aromatic rings. The van der Waals surface area contributed by atoms with Gasteiger partial charge in [0.25, 0.3) is 0 Å². The lowest BCUT2D eigenvalue weighted by Gasteiger charge is -2.25.